The van der Waals surface area contributed by atoms with Gasteiger partial charge in [0.15, 0.2) is 5.96 Å². The molecular formula is C19H32IN3O2. The van der Waals surface area contributed by atoms with Crippen LogP contribution in [0, 0.1) is 5.92 Å². The molecule has 2 rings (SSSR count). The normalized spacial score (nSPS) is 15.4. The highest BCUT2D eigenvalue weighted by Crippen LogP contribution is 2.18. The highest BCUT2D eigenvalue weighted by Gasteiger charge is 2.15. The Morgan fingerprint density at radius 1 is 1.28 bits per heavy atom. The Kier molecular flexibility index (Phi) is 10.9. The molecule has 1 aromatic carbocycles. The predicted molar refractivity (Wildman–Crippen MR) is 114 cm³/mol. The van der Waals surface area contributed by atoms with Crippen LogP contribution < -0.4 is 10.1 Å². The molecule has 1 N–H and O–H groups in total. The van der Waals surface area contributed by atoms with Gasteiger partial charge in [0, 0.05) is 33.4 Å². The van der Waals surface area contributed by atoms with Gasteiger partial charge in [-0.2, -0.15) is 0 Å². The third-order valence-electron chi connectivity index (χ3n) is 4.48. The molecule has 0 aliphatic carbocycles. The van der Waals surface area contributed by atoms with Crippen molar-refractivity contribution in [1.82, 2.24) is 10.2 Å². The number of hydrogen-bond donors (Lipinski definition) is 1. The van der Waals surface area contributed by atoms with Gasteiger partial charge >= 0.3 is 0 Å². The number of nitrogens with one attached hydrogen (secondary N) is 1. The average Bonchev–Trinajstić information content (AvgIpc) is 2.64. The number of nitrogens with zero attached hydrogens (tertiary/aromatic N) is 2. The van der Waals surface area contributed by atoms with Crippen LogP contribution in [-0.4, -0.2) is 51.3 Å². The lowest BCUT2D eigenvalue weighted by Crippen LogP contribution is -2.40. The first-order valence-electron chi connectivity index (χ1n) is 8.93. The van der Waals surface area contributed by atoms with Gasteiger partial charge in [-0.15, -0.1) is 24.0 Å². The molecule has 5 nitrogen and oxygen atoms in total. The van der Waals surface area contributed by atoms with Crippen LogP contribution in [0.4, 0.5) is 0 Å². The molecule has 0 radical (unpaired) electrons. The summed E-state index contributed by atoms with van der Waals surface area (Å²) < 4.78 is 10.6. The fourth-order valence-corrected chi connectivity index (χ4v) is 2.88. The van der Waals surface area contributed by atoms with Crippen LogP contribution in [0.2, 0.25) is 0 Å². The summed E-state index contributed by atoms with van der Waals surface area (Å²) in [5.74, 6) is 2.63. The molecule has 0 aromatic heterocycles. The minimum Gasteiger partial charge on any atom is -0.497 e. The van der Waals surface area contributed by atoms with E-state index in [1.807, 2.05) is 12.1 Å². The number of benzene rings is 1. The molecule has 1 aromatic rings. The van der Waals surface area contributed by atoms with Crippen molar-refractivity contribution in [3.63, 3.8) is 0 Å². The van der Waals surface area contributed by atoms with E-state index in [0.29, 0.717) is 6.54 Å². The van der Waals surface area contributed by atoms with E-state index in [4.69, 9.17) is 14.5 Å². The van der Waals surface area contributed by atoms with E-state index in [0.717, 1.165) is 43.9 Å². The van der Waals surface area contributed by atoms with Crippen molar-refractivity contribution in [2.75, 3.05) is 40.5 Å². The standard InChI is InChI=1S/C19H31N3O2.HI/c1-4-20-19(21-15-17-5-7-18(23-3)8-6-17)22(2)12-9-16-10-13-24-14-11-16;/h5-8,16H,4,9-15H2,1-3H3,(H,20,21);1H. The first-order valence-corrected chi connectivity index (χ1v) is 8.93. The summed E-state index contributed by atoms with van der Waals surface area (Å²) in [6, 6.07) is 8.08. The molecule has 1 aliphatic heterocycles. The van der Waals surface area contributed by atoms with E-state index in [-0.39, 0.29) is 24.0 Å². The van der Waals surface area contributed by atoms with E-state index in [1.165, 1.54) is 24.8 Å². The second-order valence-electron chi connectivity index (χ2n) is 6.28. The average molecular weight is 461 g/mol. The molecule has 0 spiro atoms. The van der Waals surface area contributed by atoms with Crippen LogP contribution in [0.3, 0.4) is 0 Å². The van der Waals surface area contributed by atoms with Crippen LogP contribution in [0.1, 0.15) is 31.7 Å². The lowest BCUT2D eigenvalue weighted by molar-refractivity contribution is 0.0625. The summed E-state index contributed by atoms with van der Waals surface area (Å²) in [6.45, 7) is 6.52. The maximum absolute atomic E-state index is 5.44. The summed E-state index contributed by atoms with van der Waals surface area (Å²) in [5, 5.41) is 3.39. The summed E-state index contributed by atoms with van der Waals surface area (Å²) >= 11 is 0. The Morgan fingerprint density at radius 3 is 2.56 bits per heavy atom. The molecular weight excluding hydrogens is 429 g/mol. The molecule has 1 aliphatic rings. The lowest BCUT2D eigenvalue weighted by atomic mass is 9.96. The van der Waals surface area contributed by atoms with Crippen LogP contribution in [0.25, 0.3) is 0 Å². The SMILES string of the molecule is CCNC(=NCc1ccc(OC)cc1)N(C)CCC1CCOCC1.I. The first-order chi connectivity index (χ1) is 11.7. The zero-order valence-electron chi connectivity index (χ0n) is 15.7. The molecule has 0 atom stereocenters. The van der Waals surface area contributed by atoms with E-state index in [1.54, 1.807) is 7.11 Å². The monoisotopic (exact) mass is 461 g/mol. The van der Waals surface area contributed by atoms with E-state index in [2.05, 4.69) is 36.3 Å². The molecule has 1 heterocycles. The zero-order chi connectivity index (χ0) is 17.2. The molecule has 0 saturated carbocycles. The van der Waals surface area contributed by atoms with Gasteiger partial charge in [0.25, 0.3) is 0 Å². The minimum absolute atomic E-state index is 0. The van der Waals surface area contributed by atoms with Gasteiger partial charge in [-0.25, -0.2) is 4.99 Å². The Balaban J connectivity index is 0.00000312. The van der Waals surface area contributed by atoms with Crippen molar-refractivity contribution in [3.05, 3.63) is 29.8 Å². The molecule has 0 amide bonds. The van der Waals surface area contributed by atoms with Gasteiger partial charge in [-0.3, -0.25) is 0 Å². The number of aliphatic imine (C=N–C) groups is 1. The molecule has 6 heteroatoms. The predicted octanol–water partition coefficient (Wildman–Crippen LogP) is 3.53. The molecule has 142 valence electrons. The third-order valence-corrected chi connectivity index (χ3v) is 4.48. The number of halogens is 1. The van der Waals surface area contributed by atoms with Gasteiger partial charge in [-0.05, 0) is 49.8 Å². The maximum Gasteiger partial charge on any atom is 0.193 e. The second-order valence-corrected chi connectivity index (χ2v) is 6.28. The number of hydrogen-bond acceptors (Lipinski definition) is 3. The van der Waals surface area contributed by atoms with Crippen molar-refractivity contribution in [1.29, 1.82) is 0 Å². The van der Waals surface area contributed by atoms with Crippen molar-refractivity contribution >= 4 is 29.9 Å². The quantitative estimate of drug-likeness (QED) is 0.384. The highest BCUT2D eigenvalue weighted by molar-refractivity contribution is 14.0. The van der Waals surface area contributed by atoms with Gasteiger partial charge < -0.3 is 19.7 Å². The molecule has 0 unspecified atom stereocenters. The largest absolute Gasteiger partial charge is 0.497 e. The Bertz CT molecular complexity index is 502. The van der Waals surface area contributed by atoms with Crippen molar-refractivity contribution in [2.45, 2.75) is 32.7 Å². The Hall–Kier alpha value is -1.02. The van der Waals surface area contributed by atoms with Crippen molar-refractivity contribution in [3.8, 4) is 5.75 Å². The third kappa shape index (κ3) is 7.81. The highest BCUT2D eigenvalue weighted by atomic mass is 127. The Labute approximate surface area is 169 Å². The zero-order valence-corrected chi connectivity index (χ0v) is 18.0. The number of methoxy groups -OCH3 is 1. The number of rotatable bonds is 7. The van der Waals surface area contributed by atoms with Crippen molar-refractivity contribution < 1.29 is 9.47 Å². The molecule has 1 fully saturated rings. The lowest BCUT2D eigenvalue weighted by Gasteiger charge is -2.26. The molecule has 1 saturated heterocycles. The fraction of sp³-hybridized carbons (Fsp3) is 0.632. The molecule has 25 heavy (non-hydrogen) atoms. The van der Waals surface area contributed by atoms with Crippen LogP contribution in [0.15, 0.2) is 29.3 Å². The van der Waals surface area contributed by atoms with Crippen molar-refractivity contribution in [2.24, 2.45) is 10.9 Å². The number of guanidine groups is 1. The van der Waals surface area contributed by atoms with E-state index >= 15 is 0 Å². The number of ether oxygens (including phenoxy) is 2. The Morgan fingerprint density at radius 2 is 1.96 bits per heavy atom. The summed E-state index contributed by atoms with van der Waals surface area (Å²) in [6.07, 6.45) is 3.58. The topological polar surface area (TPSA) is 46.1 Å². The van der Waals surface area contributed by atoms with Crippen LogP contribution in [0.5, 0.6) is 5.75 Å². The fourth-order valence-electron chi connectivity index (χ4n) is 2.88. The van der Waals surface area contributed by atoms with Crippen LogP contribution in [-0.2, 0) is 11.3 Å². The van der Waals surface area contributed by atoms with E-state index < -0.39 is 0 Å². The van der Waals surface area contributed by atoms with Crippen LogP contribution >= 0.6 is 24.0 Å². The molecule has 0 bridgehead atoms. The van der Waals surface area contributed by atoms with Gasteiger partial charge in [0.1, 0.15) is 5.75 Å². The van der Waals surface area contributed by atoms with Gasteiger partial charge in [0.2, 0.25) is 0 Å². The van der Waals surface area contributed by atoms with Gasteiger partial charge in [-0.1, -0.05) is 12.1 Å². The smallest absolute Gasteiger partial charge is 0.193 e. The summed E-state index contributed by atoms with van der Waals surface area (Å²) in [4.78, 5) is 7.01. The summed E-state index contributed by atoms with van der Waals surface area (Å²) in [5.41, 5.74) is 1.18. The maximum atomic E-state index is 5.44. The second kappa shape index (κ2) is 12.4. The van der Waals surface area contributed by atoms with Gasteiger partial charge in [0.05, 0.1) is 13.7 Å². The first kappa shape index (κ1) is 22.0. The van der Waals surface area contributed by atoms with E-state index in [9.17, 15) is 0 Å². The minimum atomic E-state index is 0. The summed E-state index contributed by atoms with van der Waals surface area (Å²) in [7, 11) is 3.80.